The molecule has 0 amide bonds. The third-order valence-corrected chi connectivity index (χ3v) is 2.28. The van der Waals surface area contributed by atoms with Crippen LogP contribution < -0.4 is 4.74 Å². The zero-order valence-electron chi connectivity index (χ0n) is 9.25. The van der Waals surface area contributed by atoms with Gasteiger partial charge >= 0.3 is 0 Å². The summed E-state index contributed by atoms with van der Waals surface area (Å²) >= 11 is 0. The lowest BCUT2D eigenvalue weighted by Gasteiger charge is -2.05. The Kier molecular flexibility index (Phi) is 5.13. The standard InChI is InChI=1S/C13H20O/c1-3-5-6-8-12-9-7-10-13(11-12)14-4-2/h7,9-11H,3-6,8H2,1-2H3. The fourth-order valence-corrected chi connectivity index (χ4v) is 1.54. The van der Waals surface area contributed by atoms with Crippen molar-refractivity contribution in [3.63, 3.8) is 0 Å². The summed E-state index contributed by atoms with van der Waals surface area (Å²) in [5, 5.41) is 0. The van der Waals surface area contributed by atoms with E-state index < -0.39 is 0 Å². The Bertz CT molecular complexity index is 255. The van der Waals surface area contributed by atoms with Crippen molar-refractivity contribution in [3.05, 3.63) is 29.8 Å². The number of unbranched alkanes of at least 4 members (excludes halogenated alkanes) is 2. The lowest BCUT2D eigenvalue weighted by atomic mass is 10.1. The Morgan fingerprint density at radius 1 is 1.14 bits per heavy atom. The summed E-state index contributed by atoms with van der Waals surface area (Å²) in [6, 6.07) is 8.43. The van der Waals surface area contributed by atoms with Crippen LogP contribution in [-0.2, 0) is 6.42 Å². The van der Waals surface area contributed by atoms with Crippen LogP contribution >= 0.6 is 0 Å². The molecule has 1 aromatic carbocycles. The van der Waals surface area contributed by atoms with Crippen LogP contribution in [0.25, 0.3) is 0 Å². The first-order valence-corrected chi connectivity index (χ1v) is 5.58. The van der Waals surface area contributed by atoms with Crippen LogP contribution in [0.1, 0.15) is 38.7 Å². The van der Waals surface area contributed by atoms with Gasteiger partial charge in [0.15, 0.2) is 0 Å². The molecule has 0 bridgehead atoms. The number of benzene rings is 1. The normalized spacial score (nSPS) is 10.1. The topological polar surface area (TPSA) is 9.23 Å². The van der Waals surface area contributed by atoms with E-state index in [1.807, 2.05) is 13.0 Å². The zero-order valence-corrected chi connectivity index (χ0v) is 9.25. The number of hydrogen-bond acceptors (Lipinski definition) is 1. The Morgan fingerprint density at radius 2 is 2.00 bits per heavy atom. The van der Waals surface area contributed by atoms with Gasteiger partial charge < -0.3 is 4.74 Å². The van der Waals surface area contributed by atoms with Crippen LogP contribution in [0.3, 0.4) is 0 Å². The molecule has 0 aliphatic carbocycles. The highest BCUT2D eigenvalue weighted by Gasteiger charge is 1.95. The molecule has 0 aliphatic rings. The van der Waals surface area contributed by atoms with Gasteiger partial charge in [-0.1, -0.05) is 31.9 Å². The van der Waals surface area contributed by atoms with E-state index in [-0.39, 0.29) is 0 Å². The third-order valence-electron chi connectivity index (χ3n) is 2.28. The molecule has 1 rings (SSSR count). The Labute approximate surface area is 87.1 Å². The molecule has 0 atom stereocenters. The van der Waals surface area contributed by atoms with E-state index >= 15 is 0 Å². The maximum Gasteiger partial charge on any atom is 0.119 e. The molecular formula is C13H20O. The van der Waals surface area contributed by atoms with Crippen molar-refractivity contribution >= 4 is 0 Å². The van der Waals surface area contributed by atoms with Crippen molar-refractivity contribution in [2.24, 2.45) is 0 Å². The van der Waals surface area contributed by atoms with Crippen molar-refractivity contribution in [1.29, 1.82) is 0 Å². The van der Waals surface area contributed by atoms with Crippen molar-refractivity contribution in [1.82, 2.24) is 0 Å². The van der Waals surface area contributed by atoms with Crippen LogP contribution in [0.5, 0.6) is 5.75 Å². The van der Waals surface area contributed by atoms with E-state index in [1.165, 1.54) is 31.2 Å². The molecule has 1 aromatic rings. The average molecular weight is 192 g/mol. The second kappa shape index (κ2) is 6.47. The smallest absolute Gasteiger partial charge is 0.119 e. The van der Waals surface area contributed by atoms with Gasteiger partial charge in [-0.2, -0.15) is 0 Å². The summed E-state index contributed by atoms with van der Waals surface area (Å²) in [5.74, 6) is 1.00. The van der Waals surface area contributed by atoms with E-state index in [0.29, 0.717) is 0 Å². The molecule has 0 saturated heterocycles. The van der Waals surface area contributed by atoms with Crippen LogP contribution in [0.2, 0.25) is 0 Å². The fraction of sp³-hybridized carbons (Fsp3) is 0.538. The van der Waals surface area contributed by atoms with Gasteiger partial charge in [-0.25, -0.2) is 0 Å². The Morgan fingerprint density at radius 3 is 2.71 bits per heavy atom. The first kappa shape index (κ1) is 11.1. The molecule has 0 heterocycles. The lowest BCUT2D eigenvalue weighted by Crippen LogP contribution is -1.92. The van der Waals surface area contributed by atoms with Crippen LogP contribution in [0.15, 0.2) is 24.3 Å². The molecule has 1 nitrogen and oxygen atoms in total. The summed E-state index contributed by atoms with van der Waals surface area (Å²) in [5.41, 5.74) is 1.39. The fourth-order valence-electron chi connectivity index (χ4n) is 1.54. The van der Waals surface area contributed by atoms with Gasteiger partial charge in [0.1, 0.15) is 5.75 Å². The van der Waals surface area contributed by atoms with Crippen LogP contribution in [0, 0.1) is 0 Å². The van der Waals surface area contributed by atoms with Crippen molar-refractivity contribution in [2.45, 2.75) is 39.5 Å². The number of ether oxygens (including phenoxy) is 1. The highest BCUT2D eigenvalue weighted by molar-refractivity contribution is 5.28. The number of aryl methyl sites for hydroxylation is 1. The molecule has 0 unspecified atom stereocenters. The molecule has 0 saturated carbocycles. The van der Waals surface area contributed by atoms with E-state index in [2.05, 4.69) is 25.1 Å². The molecule has 78 valence electrons. The molecule has 0 fully saturated rings. The summed E-state index contributed by atoms with van der Waals surface area (Å²) in [4.78, 5) is 0. The van der Waals surface area contributed by atoms with Gasteiger partial charge in [0.25, 0.3) is 0 Å². The van der Waals surface area contributed by atoms with Gasteiger partial charge in [0.05, 0.1) is 6.61 Å². The predicted octanol–water partition coefficient (Wildman–Crippen LogP) is 3.82. The maximum atomic E-state index is 5.45. The van der Waals surface area contributed by atoms with E-state index in [1.54, 1.807) is 0 Å². The molecule has 14 heavy (non-hydrogen) atoms. The van der Waals surface area contributed by atoms with Gasteiger partial charge in [0.2, 0.25) is 0 Å². The predicted molar refractivity (Wildman–Crippen MR) is 60.8 cm³/mol. The molecule has 0 radical (unpaired) electrons. The van der Waals surface area contributed by atoms with Crippen LogP contribution in [-0.4, -0.2) is 6.61 Å². The first-order chi connectivity index (χ1) is 6.86. The van der Waals surface area contributed by atoms with Crippen molar-refractivity contribution < 1.29 is 4.74 Å². The van der Waals surface area contributed by atoms with E-state index in [0.717, 1.165) is 12.4 Å². The summed E-state index contributed by atoms with van der Waals surface area (Å²) in [7, 11) is 0. The Balaban J connectivity index is 2.46. The number of hydrogen-bond donors (Lipinski definition) is 0. The highest BCUT2D eigenvalue weighted by Crippen LogP contribution is 2.15. The molecule has 1 heteroatoms. The molecule has 0 aliphatic heterocycles. The van der Waals surface area contributed by atoms with Crippen molar-refractivity contribution in [3.8, 4) is 5.75 Å². The first-order valence-electron chi connectivity index (χ1n) is 5.58. The summed E-state index contributed by atoms with van der Waals surface area (Å²) in [6.45, 7) is 5.00. The molecule has 0 spiro atoms. The SMILES string of the molecule is CCCCCc1cccc(OCC)c1. The van der Waals surface area contributed by atoms with Gasteiger partial charge in [-0.3, -0.25) is 0 Å². The molecule has 0 aromatic heterocycles. The molecule has 0 N–H and O–H groups in total. The minimum atomic E-state index is 0.748. The third kappa shape index (κ3) is 3.82. The van der Waals surface area contributed by atoms with E-state index in [9.17, 15) is 0 Å². The van der Waals surface area contributed by atoms with Crippen molar-refractivity contribution in [2.75, 3.05) is 6.61 Å². The summed E-state index contributed by atoms with van der Waals surface area (Å²) < 4.78 is 5.45. The van der Waals surface area contributed by atoms with Gasteiger partial charge in [0, 0.05) is 0 Å². The summed E-state index contributed by atoms with van der Waals surface area (Å²) in [6.07, 6.45) is 5.06. The van der Waals surface area contributed by atoms with Crippen LogP contribution in [0.4, 0.5) is 0 Å². The lowest BCUT2D eigenvalue weighted by molar-refractivity contribution is 0.340. The van der Waals surface area contributed by atoms with E-state index in [4.69, 9.17) is 4.74 Å². The largest absolute Gasteiger partial charge is 0.494 e. The van der Waals surface area contributed by atoms with Gasteiger partial charge in [-0.05, 0) is 37.5 Å². The minimum Gasteiger partial charge on any atom is -0.494 e. The second-order valence-corrected chi connectivity index (χ2v) is 3.54. The minimum absolute atomic E-state index is 0.748. The average Bonchev–Trinajstić information content (AvgIpc) is 2.19. The Hall–Kier alpha value is -0.980. The second-order valence-electron chi connectivity index (χ2n) is 3.54. The monoisotopic (exact) mass is 192 g/mol. The zero-order chi connectivity index (χ0) is 10.2. The highest BCUT2D eigenvalue weighted by atomic mass is 16.5. The maximum absolute atomic E-state index is 5.45. The quantitative estimate of drug-likeness (QED) is 0.623. The van der Waals surface area contributed by atoms with Gasteiger partial charge in [-0.15, -0.1) is 0 Å². The number of rotatable bonds is 6. The molecular weight excluding hydrogens is 172 g/mol.